The monoisotopic (exact) mass is 1090 g/mol. The number of benzene rings is 6. The van der Waals surface area contributed by atoms with Crippen molar-refractivity contribution in [1.29, 1.82) is 0 Å². The lowest BCUT2D eigenvalue weighted by molar-refractivity contribution is -0.275. The van der Waals surface area contributed by atoms with E-state index in [0.717, 1.165) is 41.3 Å². The van der Waals surface area contributed by atoms with Crippen molar-refractivity contribution in [2.45, 2.75) is 62.2 Å². The molecule has 0 saturated carbocycles. The van der Waals surface area contributed by atoms with Gasteiger partial charge in [-0.05, 0) is 82.9 Å². The number of alkyl halides is 17. The Morgan fingerprint density at radius 1 is 0.520 bits per heavy atom. The predicted octanol–water partition coefficient (Wildman–Crippen LogP) is 14.4. The van der Waals surface area contributed by atoms with E-state index in [1.165, 1.54) is 66.7 Å². The van der Waals surface area contributed by atoms with Crippen LogP contribution in [0.15, 0.2) is 133 Å². The average molecular weight is 1090 g/mol. The molecule has 3 atom stereocenters. The lowest BCUT2D eigenvalue weighted by Gasteiger charge is -2.41. The highest BCUT2D eigenvalue weighted by Gasteiger charge is 2.46. The zero-order valence-corrected chi connectivity index (χ0v) is 37.5. The number of nitrogens with one attached hydrogen (secondary N) is 1. The molecular formula is C49H35F17N2O7. The maximum absolute atomic E-state index is 13.5. The van der Waals surface area contributed by atoms with Gasteiger partial charge in [0.15, 0.2) is 11.9 Å². The summed E-state index contributed by atoms with van der Waals surface area (Å²) in [7, 11) is 0. The Hall–Kier alpha value is -7.51. The Morgan fingerprint density at radius 2 is 0.960 bits per heavy atom. The van der Waals surface area contributed by atoms with Gasteiger partial charge in [-0.15, -0.1) is 26.3 Å². The Kier molecular flexibility index (Phi) is 16.0. The Morgan fingerprint density at radius 3 is 1.47 bits per heavy atom. The van der Waals surface area contributed by atoms with Crippen LogP contribution >= 0.6 is 0 Å². The van der Waals surface area contributed by atoms with Gasteiger partial charge in [-0.1, -0.05) is 72.8 Å². The van der Waals surface area contributed by atoms with Crippen molar-refractivity contribution in [1.82, 2.24) is 0 Å². The van der Waals surface area contributed by atoms with Crippen LogP contribution in [-0.4, -0.2) is 74.9 Å². The highest BCUT2D eigenvalue weighted by molar-refractivity contribution is 5.81. The van der Waals surface area contributed by atoms with E-state index >= 15 is 0 Å². The third-order valence-electron chi connectivity index (χ3n) is 10.8. The van der Waals surface area contributed by atoms with E-state index in [1.54, 1.807) is 30.3 Å². The largest absolute Gasteiger partial charge is 0.573 e. The van der Waals surface area contributed by atoms with Gasteiger partial charge in [0.1, 0.15) is 42.0 Å². The minimum absolute atomic E-state index is 0.0200. The van der Waals surface area contributed by atoms with Crippen LogP contribution in [0.2, 0.25) is 0 Å². The van der Waals surface area contributed by atoms with Gasteiger partial charge in [0.2, 0.25) is 0 Å². The van der Waals surface area contributed by atoms with Crippen LogP contribution in [-0.2, 0) is 0 Å². The number of halogens is 17. The number of para-hydroxylation sites is 2. The van der Waals surface area contributed by atoms with E-state index in [1.807, 2.05) is 0 Å². The van der Waals surface area contributed by atoms with E-state index in [2.05, 4.69) is 24.3 Å². The van der Waals surface area contributed by atoms with E-state index in [9.17, 15) is 79.7 Å². The van der Waals surface area contributed by atoms with Gasteiger partial charge in [0.05, 0.1) is 30.0 Å². The summed E-state index contributed by atoms with van der Waals surface area (Å²) in [6, 6.07) is 27.2. The van der Waals surface area contributed by atoms with Crippen molar-refractivity contribution in [2.75, 3.05) is 30.0 Å². The fraction of sp³-hybridized carbons (Fsp3) is 0.265. The van der Waals surface area contributed by atoms with Gasteiger partial charge < -0.3 is 43.7 Å². The van der Waals surface area contributed by atoms with Crippen LogP contribution in [0.3, 0.4) is 0 Å². The molecule has 2 N–H and O–H groups in total. The summed E-state index contributed by atoms with van der Waals surface area (Å²) in [6.07, 6.45) is -35.4. The van der Waals surface area contributed by atoms with Crippen LogP contribution in [0.4, 0.5) is 86.0 Å². The first-order valence-corrected chi connectivity index (χ1v) is 21.5. The molecule has 0 saturated heterocycles. The SMILES string of the molecule is FC(F)C(F)(F)Oc1cccc([C@H]2COc3c(cccc3-c3cccc(OC(F)(F)F)c3)N2)c1.O[C@@H](CN1c2cccc(-c3cccc(OC(F)(F)F)c3)c2OC[C@H]1c1cccc(OC(F)(F)C(F)F)c1)C(F)(F)F. The molecule has 0 aromatic heterocycles. The number of fused-ring (bicyclic) bond motifs is 2. The summed E-state index contributed by atoms with van der Waals surface area (Å²) in [5.74, 6) is -1.76. The van der Waals surface area contributed by atoms with Crippen LogP contribution in [0.5, 0.6) is 34.5 Å². The molecule has 0 bridgehead atoms. The van der Waals surface area contributed by atoms with E-state index in [4.69, 9.17) is 9.47 Å². The molecule has 2 heterocycles. The number of hydrogen-bond acceptors (Lipinski definition) is 9. The number of ether oxygens (including phenoxy) is 6. The molecule has 2 aliphatic heterocycles. The number of aliphatic hydroxyl groups excluding tert-OH is 1. The molecule has 402 valence electrons. The lowest BCUT2D eigenvalue weighted by atomic mass is 9.98. The zero-order valence-electron chi connectivity index (χ0n) is 37.5. The fourth-order valence-electron chi connectivity index (χ4n) is 7.66. The molecule has 0 unspecified atom stereocenters. The highest BCUT2D eigenvalue weighted by atomic mass is 19.4. The third-order valence-corrected chi connectivity index (χ3v) is 10.8. The summed E-state index contributed by atoms with van der Waals surface area (Å²) in [6.45, 7) is -1.47. The van der Waals surface area contributed by atoms with Gasteiger partial charge in [-0.3, -0.25) is 0 Å². The molecule has 75 heavy (non-hydrogen) atoms. The third kappa shape index (κ3) is 14.0. The molecule has 0 radical (unpaired) electrons. The van der Waals surface area contributed by atoms with Crippen molar-refractivity contribution in [3.8, 4) is 56.8 Å². The Balaban J connectivity index is 0.000000222. The summed E-state index contributed by atoms with van der Waals surface area (Å²) in [5.41, 5.74) is 2.20. The Bertz CT molecular complexity index is 2920. The van der Waals surface area contributed by atoms with Crippen LogP contribution in [0, 0.1) is 0 Å². The normalized spacial score (nSPS) is 16.3. The van der Waals surface area contributed by atoms with Gasteiger partial charge in [0.25, 0.3) is 0 Å². The van der Waals surface area contributed by atoms with Gasteiger partial charge in [0, 0.05) is 11.1 Å². The number of anilines is 2. The van der Waals surface area contributed by atoms with Crippen molar-refractivity contribution in [3.05, 3.63) is 145 Å². The number of rotatable bonds is 14. The molecular weight excluding hydrogens is 1050 g/mol. The lowest BCUT2D eigenvalue weighted by Crippen LogP contribution is -2.46. The zero-order chi connectivity index (χ0) is 54.7. The smallest absolute Gasteiger partial charge is 0.488 e. The summed E-state index contributed by atoms with van der Waals surface area (Å²) >= 11 is 0. The maximum atomic E-state index is 13.5. The van der Waals surface area contributed by atoms with Crippen molar-refractivity contribution in [2.24, 2.45) is 0 Å². The maximum Gasteiger partial charge on any atom is 0.573 e. The average Bonchev–Trinajstić information content (AvgIpc) is 3.32. The van der Waals surface area contributed by atoms with Gasteiger partial charge >= 0.3 is 44.0 Å². The second-order valence-electron chi connectivity index (χ2n) is 16.1. The minimum Gasteiger partial charge on any atom is -0.488 e. The van der Waals surface area contributed by atoms with Crippen molar-refractivity contribution >= 4 is 11.4 Å². The molecule has 2 aliphatic rings. The fourth-order valence-corrected chi connectivity index (χ4v) is 7.66. The Labute approximate surface area is 412 Å². The molecule has 0 aliphatic carbocycles. The topological polar surface area (TPSA) is 90.9 Å². The molecule has 6 aromatic carbocycles. The van der Waals surface area contributed by atoms with Crippen molar-refractivity contribution in [3.63, 3.8) is 0 Å². The van der Waals surface area contributed by atoms with Crippen LogP contribution in [0.1, 0.15) is 23.2 Å². The highest BCUT2D eigenvalue weighted by Crippen LogP contribution is 2.48. The van der Waals surface area contributed by atoms with E-state index in [0.29, 0.717) is 28.1 Å². The molecule has 0 spiro atoms. The minimum atomic E-state index is -5.06. The molecule has 6 aromatic rings. The first-order valence-electron chi connectivity index (χ1n) is 21.5. The molecule has 0 amide bonds. The molecule has 9 nitrogen and oxygen atoms in total. The van der Waals surface area contributed by atoms with E-state index in [-0.39, 0.29) is 40.5 Å². The quantitative estimate of drug-likeness (QED) is 0.104. The van der Waals surface area contributed by atoms with Crippen molar-refractivity contribution < 1.29 is 108 Å². The number of aliphatic hydroxyl groups is 1. The summed E-state index contributed by atoms with van der Waals surface area (Å²) in [4.78, 5) is 1.07. The first-order chi connectivity index (χ1) is 35.1. The number of nitrogens with zero attached hydrogens (tertiary/aromatic N) is 1. The molecule has 26 heteroatoms. The number of β-amino-alcohol motifs (C(OH)–C–C–N with tert-alkyl or cyclic N) is 1. The number of hydrogen-bond donors (Lipinski definition) is 2. The first kappa shape index (κ1) is 55.2. The van der Waals surface area contributed by atoms with E-state index < -0.39 is 92.6 Å². The predicted molar refractivity (Wildman–Crippen MR) is 233 cm³/mol. The summed E-state index contributed by atoms with van der Waals surface area (Å²) < 4.78 is 247. The molecule has 0 fully saturated rings. The molecule has 8 rings (SSSR count). The van der Waals surface area contributed by atoms with Crippen LogP contribution in [0.25, 0.3) is 22.3 Å². The second-order valence-corrected chi connectivity index (χ2v) is 16.1. The standard InChI is InChI=1S/C26H19F10NO4.C23H16F7NO3/c27-23(28)25(32,33)40-16-6-2-5-15(11-16)20-13-39-22-18(14-4-1-7-17(10-14)41-26(34,35)36)8-3-9-19(22)37(20)12-21(38)24(29,30)31;24-21(25)22(26,27)33-15-6-2-5-14(11-15)19-12-32-20-17(8-3-9-18(20)31-19)13-4-1-7-16(10-13)34-23(28,29)30/h1-11,20-21,23,38H,12-13H2;1-11,19,21,31H,12H2/t20-,21-;19-/m01/s1. The second kappa shape index (κ2) is 21.8. The van der Waals surface area contributed by atoms with Gasteiger partial charge in [-0.2, -0.15) is 48.3 Å². The van der Waals surface area contributed by atoms with Crippen LogP contribution < -0.4 is 38.6 Å². The summed E-state index contributed by atoms with van der Waals surface area (Å²) in [5, 5.41) is 13.1. The van der Waals surface area contributed by atoms with Gasteiger partial charge in [-0.25, -0.2) is 0 Å².